The van der Waals surface area contributed by atoms with Gasteiger partial charge in [0.05, 0.1) is 25.6 Å². The van der Waals surface area contributed by atoms with E-state index in [1.165, 1.54) is 6.92 Å². The van der Waals surface area contributed by atoms with Crippen molar-refractivity contribution >= 4 is 30.8 Å². The van der Waals surface area contributed by atoms with Crippen LogP contribution in [0.3, 0.4) is 0 Å². The van der Waals surface area contributed by atoms with Crippen LogP contribution in [0.15, 0.2) is 20.0 Å². The minimum absolute atomic E-state index is 0.00114. The number of rotatable bonds is 14. The Morgan fingerprint density at radius 3 is 2.78 bits per heavy atom. The highest BCUT2D eigenvalue weighted by Crippen LogP contribution is 2.46. The molecule has 1 fully saturated rings. The zero-order valence-electron chi connectivity index (χ0n) is 23.5. The molecule has 16 nitrogen and oxygen atoms in total. The molecule has 41 heavy (non-hydrogen) atoms. The molecule has 17 heteroatoms. The number of ether oxygens (including phenoxy) is 3. The van der Waals surface area contributed by atoms with Gasteiger partial charge >= 0.3 is 19.5 Å². The highest BCUT2D eigenvalue weighted by Gasteiger charge is 2.37. The quantitative estimate of drug-likeness (QED) is 0.155. The summed E-state index contributed by atoms with van der Waals surface area (Å²) in [5, 5.41) is 2.67. The van der Waals surface area contributed by atoms with Gasteiger partial charge in [-0.25, -0.2) is 19.4 Å². The molecule has 0 bridgehead atoms. The number of fused-ring (bicyclic) bond motifs is 1. The van der Waals surface area contributed by atoms with Gasteiger partial charge in [-0.05, 0) is 13.3 Å². The summed E-state index contributed by atoms with van der Waals surface area (Å²) in [6.45, 7) is 8.55. The normalized spacial score (nSPS) is 20.5. The van der Waals surface area contributed by atoms with Crippen molar-refractivity contribution in [3.05, 3.63) is 28.5 Å². The number of nitrogens with two attached hydrogens (primary N) is 1. The lowest BCUT2D eigenvalue weighted by Gasteiger charge is -2.21. The molecule has 4 atom stereocenters. The van der Waals surface area contributed by atoms with E-state index in [1.807, 2.05) is 13.8 Å². The standard InChI is InChI=1S/C24H35N6O10P/c1-6-34-21-18-20(28-23(25)29-21)30(12-26-18)22-14(4)9-16(38-22)10-36-41(33,27-7-8-35-15(5)31)37-11-17-19(13(2)3)40-24(32)39-17/h12-14,16,22H,6-11H2,1-5H3,(H,27,33)(H2,25,28,29). The summed E-state index contributed by atoms with van der Waals surface area (Å²) >= 11 is 0. The van der Waals surface area contributed by atoms with Crippen LogP contribution in [-0.2, 0) is 34.5 Å². The van der Waals surface area contributed by atoms with Crippen LogP contribution in [-0.4, -0.2) is 58.0 Å². The largest absolute Gasteiger partial charge is 0.519 e. The van der Waals surface area contributed by atoms with Gasteiger partial charge in [-0.1, -0.05) is 20.8 Å². The third kappa shape index (κ3) is 7.51. The molecule has 3 aromatic rings. The third-order valence-corrected chi connectivity index (χ3v) is 7.69. The first-order valence-corrected chi connectivity index (χ1v) is 14.7. The summed E-state index contributed by atoms with van der Waals surface area (Å²) in [5.41, 5.74) is 6.81. The second-order valence-electron chi connectivity index (χ2n) is 9.72. The number of anilines is 1. The number of hydrogen-bond acceptors (Lipinski definition) is 14. The SMILES string of the molecule is CCOc1nc(N)nc2c1ncn2C1OC(COP(=O)(NCCOC(C)=O)OCc2oc(=O)oc2C(C)C)CC1C. The molecule has 0 amide bonds. The van der Waals surface area contributed by atoms with Crippen LogP contribution in [0, 0.1) is 5.92 Å². The number of carbonyl (C=O) groups is 1. The monoisotopic (exact) mass is 598 g/mol. The van der Waals surface area contributed by atoms with Gasteiger partial charge in [-0.2, -0.15) is 9.97 Å². The van der Waals surface area contributed by atoms with Crippen LogP contribution in [0.5, 0.6) is 5.88 Å². The zero-order valence-corrected chi connectivity index (χ0v) is 24.4. The number of imidazole rings is 1. The van der Waals surface area contributed by atoms with Gasteiger partial charge in [0.1, 0.15) is 19.4 Å². The smallest absolute Gasteiger partial charge is 0.476 e. The van der Waals surface area contributed by atoms with E-state index in [0.717, 1.165) is 0 Å². The van der Waals surface area contributed by atoms with E-state index >= 15 is 0 Å². The number of esters is 1. The predicted molar refractivity (Wildman–Crippen MR) is 143 cm³/mol. The zero-order chi connectivity index (χ0) is 29.7. The number of nitrogen functional groups attached to an aromatic ring is 1. The number of nitrogens with one attached hydrogen (secondary N) is 1. The van der Waals surface area contributed by atoms with Gasteiger partial charge in [0, 0.05) is 25.3 Å². The van der Waals surface area contributed by atoms with E-state index in [2.05, 4.69) is 20.0 Å². The van der Waals surface area contributed by atoms with E-state index in [-0.39, 0.29) is 61.6 Å². The summed E-state index contributed by atoms with van der Waals surface area (Å²) in [7, 11) is -4.00. The van der Waals surface area contributed by atoms with Crippen molar-refractivity contribution in [3.8, 4) is 5.88 Å². The molecule has 0 spiro atoms. The Morgan fingerprint density at radius 1 is 1.29 bits per heavy atom. The van der Waals surface area contributed by atoms with Crippen LogP contribution in [0.1, 0.15) is 64.7 Å². The molecular weight excluding hydrogens is 563 g/mol. The topological polar surface area (TPSA) is 205 Å². The van der Waals surface area contributed by atoms with E-state index in [0.29, 0.717) is 24.2 Å². The first kappa shape index (κ1) is 30.7. The van der Waals surface area contributed by atoms with E-state index in [9.17, 15) is 14.2 Å². The van der Waals surface area contributed by atoms with Crippen molar-refractivity contribution in [1.82, 2.24) is 24.6 Å². The van der Waals surface area contributed by atoms with Gasteiger partial charge in [-0.15, -0.1) is 0 Å². The maximum atomic E-state index is 13.6. The Labute approximate surface area is 235 Å². The highest BCUT2D eigenvalue weighted by molar-refractivity contribution is 7.51. The summed E-state index contributed by atoms with van der Waals surface area (Å²) in [4.78, 5) is 35.6. The maximum Gasteiger partial charge on any atom is 0.519 e. The molecule has 1 aliphatic heterocycles. The van der Waals surface area contributed by atoms with E-state index < -0.39 is 31.9 Å². The first-order chi connectivity index (χ1) is 19.5. The first-order valence-electron chi connectivity index (χ1n) is 13.2. The van der Waals surface area contributed by atoms with Crippen molar-refractivity contribution in [3.63, 3.8) is 0 Å². The second-order valence-corrected chi connectivity index (χ2v) is 11.5. The second kappa shape index (κ2) is 13.1. The fourth-order valence-electron chi connectivity index (χ4n) is 4.38. The lowest BCUT2D eigenvalue weighted by atomic mass is 10.1. The fraction of sp³-hybridized carbons (Fsp3) is 0.625. The average Bonchev–Trinajstić information content (AvgIpc) is 3.60. The molecule has 1 saturated heterocycles. The number of carbonyl (C=O) groups excluding carboxylic acids is 1. The van der Waals surface area contributed by atoms with Gasteiger partial charge in [0.25, 0.3) is 0 Å². The summed E-state index contributed by atoms with van der Waals surface area (Å²) in [6, 6.07) is 0. The van der Waals surface area contributed by atoms with Crippen LogP contribution in [0.4, 0.5) is 5.95 Å². The minimum Gasteiger partial charge on any atom is -0.476 e. The Morgan fingerprint density at radius 2 is 2.07 bits per heavy atom. The Balaban J connectivity index is 1.45. The summed E-state index contributed by atoms with van der Waals surface area (Å²) < 4.78 is 53.5. The predicted octanol–water partition coefficient (Wildman–Crippen LogP) is 2.89. The highest BCUT2D eigenvalue weighted by atomic mass is 31.2. The Hall–Kier alpha value is -3.30. The fourth-order valence-corrected chi connectivity index (χ4v) is 5.66. The molecule has 0 aromatic carbocycles. The van der Waals surface area contributed by atoms with Gasteiger partial charge < -0.3 is 28.8 Å². The number of aromatic nitrogens is 4. The molecule has 226 valence electrons. The molecule has 0 radical (unpaired) electrons. The Bertz CT molecular complexity index is 1450. The molecule has 4 rings (SSSR count). The minimum atomic E-state index is -4.00. The molecule has 1 aliphatic rings. The lowest BCUT2D eigenvalue weighted by molar-refractivity contribution is -0.140. The van der Waals surface area contributed by atoms with Crippen LogP contribution >= 0.6 is 7.75 Å². The van der Waals surface area contributed by atoms with Gasteiger partial charge in [0.2, 0.25) is 11.8 Å². The molecule has 4 unspecified atom stereocenters. The summed E-state index contributed by atoms with van der Waals surface area (Å²) in [5.74, 6) is -0.852. The van der Waals surface area contributed by atoms with Crippen LogP contribution in [0.25, 0.3) is 11.2 Å². The molecule has 0 saturated carbocycles. The van der Waals surface area contributed by atoms with E-state index in [1.54, 1.807) is 24.7 Å². The van der Waals surface area contributed by atoms with Crippen molar-refractivity contribution < 1.29 is 41.5 Å². The molecule has 3 N–H and O–H groups in total. The maximum absolute atomic E-state index is 13.6. The van der Waals surface area contributed by atoms with Gasteiger partial charge in [-0.3, -0.25) is 18.4 Å². The lowest BCUT2D eigenvalue weighted by Crippen LogP contribution is -2.24. The number of nitrogens with zero attached hydrogens (tertiary/aromatic N) is 4. The summed E-state index contributed by atoms with van der Waals surface area (Å²) in [6.07, 6.45) is 1.21. The average molecular weight is 599 g/mol. The van der Waals surface area contributed by atoms with Crippen LogP contribution in [0.2, 0.25) is 0 Å². The molecular formula is C24H35N6O10P. The molecule has 4 heterocycles. The molecule has 3 aromatic heterocycles. The Kier molecular flexibility index (Phi) is 9.81. The van der Waals surface area contributed by atoms with Gasteiger partial charge in [0.15, 0.2) is 22.7 Å². The van der Waals surface area contributed by atoms with Crippen molar-refractivity contribution in [2.75, 3.05) is 32.1 Å². The van der Waals surface area contributed by atoms with Crippen molar-refractivity contribution in [2.24, 2.45) is 5.92 Å². The third-order valence-electron chi connectivity index (χ3n) is 6.12. The molecule has 0 aliphatic carbocycles. The van der Waals surface area contributed by atoms with Crippen molar-refractivity contribution in [2.45, 2.75) is 65.9 Å². The van der Waals surface area contributed by atoms with Crippen LogP contribution < -0.4 is 21.4 Å². The van der Waals surface area contributed by atoms with Crippen molar-refractivity contribution in [1.29, 1.82) is 0 Å². The van der Waals surface area contributed by atoms with E-state index in [4.69, 9.17) is 37.8 Å². The number of hydrogen-bond donors (Lipinski definition) is 2.